The molecular weight excluding hydrogens is 579 g/mol. The van der Waals surface area contributed by atoms with E-state index in [-0.39, 0.29) is 73.2 Å². The van der Waals surface area contributed by atoms with E-state index in [9.17, 15) is 29.7 Å². The Balaban J connectivity index is -0.000000262. The molecule has 0 radical (unpaired) electrons. The molecule has 0 aliphatic rings. The summed E-state index contributed by atoms with van der Waals surface area (Å²) >= 11 is 0. The number of ether oxygens (including phenoxy) is 6. The van der Waals surface area contributed by atoms with Crippen LogP contribution in [0.4, 0.5) is 0 Å². The molecule has 0 heterocycles. The van der Waals surface area contributed by atoms with Crippen molar-refractivity contribution >= 4 is 35.3 Å². The summed E-state index contributed by atoms with van der Waals surface area (Å²) < 4.78 is 32.5. The van der Waals surface area contributed by atoms with E-state index in [4.69, 9.17) is 28.4 Å². The van der Waals surface area contributed by atoms with Crippen LogP contribution in [0.1, 0.15) is 123 Å². The first-order valence-electron chi connectivity index (χ1n) is 14.4. The number of carbonyl (C=O) groups is 3. The Morgan fingerprint density at radius 3 is 0.605 bits per heavy atom. The molecule has 0 spiro atoms. The molecule has 252 valence electrons. The van der Waals surface area contributed by atoms with Crippen LogP contribution in [0.5, 0.6) is 0 Å². The quantitative estimate of drug-likeness (QED) is 0.157. The van der Waals surface area contributed by atoms with Crippen LogP contribution in [-0.4, -0.2) is 89.3 Å². The average Bonchev–Trinajstić information content (AvgIpc) is 2.61. The first kappa shape index (κ1) is 48.6. The van der Waals surface area contributed by atoms with Crippen LogP contribution < -0.4 is 15.3 Å². The second-order valence-corrected chi connectivity index (χ2v) is 12.0. The topological polar surface area (TPSA) is 176 Å². The molecule has 0 bridgehead atoms. The van der Waals surface area contributed by atoms with Gasteiger partial charge in [0.1, 0.15) is 0 Å². The summed E-state index contributed by atoms with van der Waals surface area (Å²) in [6, 6.07) is 0. The van der Waals surface area contributed by atoms with Crippen LogP contribution in [0.15, 0.2) is 0 Å². The summed E-state index contributed by atoms with van der Waals surface area (Å²) in [6.45, 7) is 26.8. The number of hydrogen-bond acceptors (Lipinski definition) is 12. The van der Waals surface area contributed by atoms with Crippen LogP contribution in [-0.2, 0) is 42.8 Å². The second-order valence-electron chi connectivity index (χ2n) is 12.0. The maximum atomic E-state index is 10.5. The third kappa shape index (κ3) is 31.9. The molecule has 0 amide bonds. The SMILES string of the molecule is CC(C)OC(C)(CC(=O)[O-])OC(C)C.CC(C)OC(C)(CC(=O)[O-])OC(C)C.CC(C)OC(C)(CC(=O)[O-])OC(C)C.[Al+3]. The fraction of sp³-hybridized carbons (Fsp3) is 0.900. The molecule has 0 aromatic carbocycles. The van der Waals surface area contributed by atoms with Gasteiger partial charge in [0.05, 0.1) is 36.6 Å². The van der Waals surface area contributed by atoms with E-state index in [1.807, 2.05) is 83.1 Å². The van der Waals surface area contributed by atoms with Crippen molar-refractivity contribution in [2.45, 2.75) is 177 Å². The van der Waals surface area contributed by atoms with E-state index in [0.717, 1.165) is 0 Å². The van der Waals surface area contributed by atoms with Crippen molar-refractivity contribution in [3.05, 3.63) is 0 Å². The molecule has 0 aliphatic heterocycles. The fourth-order valence-electron chi connectivity index (χ4n) is 4.11. The van der Waals surface area contributed by atoms with Crippen LogP contribution in [0.3, 0.4) is 0 Å². The Kier molecular flexibility index (Phi) is 26.1. The number of carboxylic acid groups (broad SMARTS) is 3. The first-order chi connectivity index (χ1) is 18.7. The zero-order chi connectivity index (χ0) is 34.1. The predicted molar refractivity (Wildman–Crippen MR) is 157 cm³/mol. The maximum Gasteiger partial charge on any atom is 3.00 e. The van der Waals surface area contributed by atoms with Gasteiger partial charge in [-0.05, 0) is 104 Å². The molecule has 0 aromatic rings. The molecular formula is C30H57AlO12. The van der Waals surface area contributed by atoms with Gasteiger partial charge in [-0.3, -0.25) is 0 Å². The molecule has 0 atom stereocenters. The zero-order valence-corrected chi connectivity index (χ0v) is 30.2. The minimum absolute atomic E-state index is 0. The van der Waals surface area contributed by atoms with Gasteiger partial charge in [0, 0.05) is 37.2 Å². The van der Waals surface area contributed by atoms with Crippen molar-refractivity contribution in [3.8, 4) is 0 Å². The fourth-order valence-corrected chi connectivity index (χ4v) is 4.11. The summed E-state index contributed by atoms with van der Waals surface area (Å²) in [7, 11) is 0. The predicted octanol–water partition coefficient (Wildman–Crippen LogP) is 1.70. The molecule has 0 N–H and O–H groups in total. The van der Waals surface area contributed by atoms with Crippen LogP contribution in [0.2, 0.25) is 0 Å². The molecule has 0 rings (SSSR count). The molecule has 0 saturated carbocycles. The standard InChI is InChI=1S/3C10H20O4.Al/c3*1-7(2)13-10(5,6-9(11)12)14-8(3)4;/h3*7-8H,6H2,1-5H3,(H,11,12);/q;;;+3/p-3. The van der Waals surface area contributed by atoms with Crippen molar-refractivity contribution in [3.63, 3.8) is 0 Å². The number of rotatable bonds is 18. The van der Waals surface area contributed by atoms with Gasteiger partial charge in [0.25, 0.3) is 0 Å². The summed E-state index contributed by atoms with van der Waals surface area (Å²) in [5.74, 6) is -6.81. The molecule has 0 fully saturated rings. The minimum atomic E-state index is -1.17. The van der Waals surface area contributed by atoms with Gasteiger partial charge in [-0.1, -0.05) is 0 Å². The summed E-state index contributed by atoms with van der Waals surface area (Å²) in [4.78, 5) is 31.5. The van der Waals surface area contributed by atoms with E-state index in [0.29, 0.717) is 0 Å². The van der Waals surface area contributed by atoms with E-state index in [1.54, 1.807) is 20.8 Å². The van der Waals surface area contributed by atoms with E-state index in [1.165, 1.54) is 0 Å². The van der Waals surface area contributed by atoms with Gasteiger partial charge in [0.2, 0.25) is 0 Å². The zero-order valence-electron chi connectivity index (χ0n) is 29.1. The van der Waals surface area contributed by atoms with E-state index >= 15 is 0 Å². The number of aliphatic carboxylic acids is 3. The molecule has 0 unspecified atom stereocenters. The van der Waals surface area contributed by atoms with Crippen molar-refractivity contribution in [2.75, 3.05) is 0 Å². The first-order valence-corrected chi connectivity index (χ1v) is 14.4. The van der Waals surface area contributed by atoms with E-state index < -0.39 is 35.3 Å². The van der Waals surface area contributed by atoms with Crippen molar-refractivity contribution in [1.82, 2.24) is 0 Å². The smallest absolute Gasteiger partial charge is 0.550 e. The Bertz CT molecular complexity index is 636. The third-order valence-electron chi connectivity index (χ3n) is 4.31. The molecule has 0 aliphatic carbocycles. The Hall–Kier alpha value is -1.30. The van der Waals surface area contributed by atoms with E-state index in [2.05, 4.69) is 0 Å². The van der Waals surface area contributed by atoms with Crippen LogP contribution in [0, 0.1) is 0 Å². The van der Waals surface area contributed by atoms with Crippen LogP contribution >= 0.6 is 0 Å². The monoisotopic (exact) mass is 636 g/mol. The molecule has 0 aromatic heterocycles. The third-order valence-corrected chi connectivity index (χ3v) is 4.31. The average molecular weight is 637 g/mol. The van der Waals surface area contributed by atoms with Crippen molar-refractivity contribution < 1.29 is 58.1 Å². The number of carboxylic acids is 3. The van der Waals surface area contributed by atoms with Crippen LogP contribution in [0.25, 0.3) is 0 Å². The Labute approximate surface area is 270 Å². The van der Waals surface area contributed by atoms with Gasteiger partial charge >= 0.3 is 17.4 Å². The van der Waals surface area contributed by atoms with Crippen molar-refractivity contribution in [1.29, 1.82) is 0 Å². The molecule has 0 saturated heterocycles. The minimum Gasteiger partial charge on any atom is -0.550 e. The summed E-state index contributed by atoms with van der Waals surface area (Å²) in [6.07, 6.45) is -1.29. The molecule has 43 heavy (non-hydrogen) atoms. The van der Waals surface area contributed by atoms with Gasteiger partial charge < -0.3 is 58.1 Å². The summed E-state index contributed by atoms with van der Waals surface area (Å²) in [5.41, 5.74) is 0. The summed E-state index contributed by atoms with van der Waals surface area (Å²) in [5, 5.41) is 31.5. The van der Waals surface area contributed by atoms with Gasteiger partial charge in [-0.15, -0.1) is 0 Å². The van der Waals surface area contributed by atoms with Gasteiger partial charge in [-0.25, -0.2) is 0 Å². The Morgan fingerprint density at radius 2 is 0.535 bits per heavy atom. The number of carbonyl (C=O) groups excluding carboxylic acids is 3. The second kappa shape index (κ2) is 23.1. The Morgan fingerprint density at radius 1 is 0.419 bits per heavy atom. The van der Waals surface area contributed by atoms with Gasteiger partial charge in [-0.2, -0.15) is 0 Å². The van der Waals surface area contributed by atoms with Crippen molar-refractivity contribution in [2.24, 2.45) is 0 Å². The van der Waals surface area contributed by atoms with Gasteiger partial charge in [0.15, 0.2) is 17.4 Å². The molecule has 13 heteroatoms. The number of hydrogen-bond donors (Lipinski definition) is 0. The largest absolute Gasteiger partial charge is 3.00 e. The maximum absolute atomic E-state index is 10.5. The molecule has 12 nitrogen and oxygen atoms in total. The normalized spacial score (nSPS) is 12.2.